The minimum absolute atomic E-state index is 0.0314. The molecule has 0 radical (unpaired) electrons. The molecule has 4 heteroatoms. The summed E-state index contributed by atoms with van der Waals surface area (Å²) >= 11 is 0. The van der Waals surface area contributed by atoms with Crippen LogP contribution in [0.5, 0.6) is 17.2 Å². The molecule has 29 heavy (non-hydrogen) atoms. The van der Waals surface area contributed by atoms with E-state index in [1.807, 2.05) is 20.8 Å². The summed E-state index contributed by atoms with van der Waals surface area (Å²) in [5.41, 5.74) is 3.07. The fourth-order valence-electron chi connectivity index (χ4n) is 2.99. The van der Waals surface area contributed by atoms with Crippen molar-refractivity contribution in [3.63, 3.8) is 0 Å². The van der Waals surface area contributed by atoms with Crippen molar-refractivity contribution in [1.82, 2.24) is 0 Å². The van der Waals surface area contributed by atoms with Crippen LogP contribution in [0.3, 0.4) is 0 Å². The topological polar surface area (TPSA) is 77.8 Å². The maximum Gasteiger partial charge on any atom is 0.189 e. The number of carbonyl (C=O) groups excluding carboxylic acids is 1. The van der Waals surface area contributed by atoms with Gasteiger partial charge in [-0.1, -0.05) is 42.0 Å². The zero-order chi connectivity index (χ0) is 21.6. The van der Waals surface area contributed by atoms with Crippen LogP contribution in [0.25, 0.3) is 6.08 Å². The second kappa shape index (κ2) is 9.78. The average Bonchev–Trinajstić information content (AvgIpc) is 2.66. The van der Waals surface area contributed by atoms with E-state index in [1.165, 1.54) is 35.9 Å². The Labute approximate surface area is 172 Å². The smallest absolute Gasteiger partial charge is 0.189 e. The summed E-state index contributed by atoms with van der Waals surface area (Å²) < 4.78 is 0. The van der Waals surface area contributed by atoms with E-state index in [0.717, 1.165) is 12.0 Å². The Morgan fingerprint density at radius 2 is 1.72 bits per heavy atom. The van der Waals surface area contributed by atoms with Crippen LogP contribution in [-0.2, 0) is 6.42 Å². The molecule has 0 fully saturated rings. The van der Waals surface area contributed by atoms with Gasteiger partial charge < -0.3 is 15.3 Å². The SMILES string of the molecule is C=C(C)[C@@H](CC=C(C)C)Cc1c(O)ccc(C(=O)C=Cc2ccccc2O)c1O. The highest BCUT2D eigenvalue weighted by atomic mass is 16.3. The van der Waals surface area contributed by atoms with Crippen molar-refractivity contribution >= 4 is 11.9 Å². The van der Waals surface area contributed by atoms with E-state index in [4.69, 9.17) is 0 Å². The molecule has 2 aromatic carbocycles. The van der Waals surface area contributed by atoms with Crippen LogP contribution in [0.4, 0.5) is 0 Å². The van der Waals surface area contributed by atoms with E-state index in [0.29, 0.717) is 17.5 Å². The van der Waals surface area contributed by atoms with Gasteiger partial charge in [-0.25, -0.2) is 0 Å². The summed E-state index contributed by atoms with van der Waals surface area (Å²) in [5.74, 6) is -0.588. The molecule has 0 amide bonds. The van der Waals surface area contributed by atoms with Crippen LogP contribution in [0.1, 0.15) is 48.7 Å². The fourth-order valence-corrected chi connectivity index (χ4v) is 2.99. The quantitative estimate of drug-likeness (QED) is 0.302. The van der Waals surface area contributed by atoms with Crippen molar-refractivity contribution in [3.05, 3.63) is 83.0 Å². The van der Waals surface area contributed by atoms with Crippen LogP contribution < -0.4 is 0 Å². The number of phenolic OH excluding ortho intramolecular Hbond substituents is 3. The van der Waals surface area contributed by atoms with Crippen LogP contribution in [0, 0.1) is 5.92 Å². The summed E-state index contributed by atoms with van der Waals surface area (Å²) in [4.78, 5) is 12.6. The molecule has 0 unspecified atom stereocenters. The normalized spacial score (nSPS) is 12.0. The summed E-state index contributed by atoms with van der Waals surface area (Å²) in [6.45, 7) is 9.97. The summed E-state index contributed by atoms with van der Waals surface area (Å²) in [6.07, 6.45) is 6.00. The number of hydrogen-bond acceptors (Lipinski definition) is 4. The Bertz CT molecular complexity index is 963. The molecule has 0 saturated carbocycles. The molecule has 0 aliphatic heterocycles. The lowest BCUT2D eigenvalue weighted by atomic mass is 9.88. The maximum absolute atomic E-state index is 12.6. The van der Waals surface area contributed by atoms with Crippen molar-refractivity contribution < 1.29 is 20.1 Å². The maximum atomic E-state index is 12.6. The minimum Gasteiger partial charge on any atom is -0.508 e. The number of para-hydroxylation sites is 1. The number of ketones is 1. The van der Waals surface area contributed by atoms with E-state index in [9.17, 15) is 20.1 Å². The van der Waals surface area contributed by atoms with Crippen molar-refractivity contribution in [2.24, 2.45) is 5.92 Å². The van der Waals surface area contributed by atoms with Gasteiger partial charge in [0.2, 0.25) is 0 Å². The predicted octanol–water partition coefficient (Wildman–Crippen LogP) is 5.79. The molecule has 0 bridgehead atoms. The molecule has 0 saturated heterocycles. The van der Waals surface area contributed by atoms with E-state index >= 15 is 0 Å². The van der Waals surface area contributed by atoms with Gasteiger partial charge in [0.05, 0.1) is 5.56 Å². The molecule has 1 atom stereocenters. The van der Waals surface area contributed by atoms with Gasteiger partial charge in [-0.2, -0.15) is 0 Å². The molecule has 0 heterocycles. The molecule has 152 valence electrons. The largest absolute Gasteiger partial charge is 0.508 e. The molecule has 0 aliphatic carbocycles. The Hall–Kier alpha value is -3.27. The second-order valence-corrected chi connectivity index (χ2v) is 7.48. The standard InChI is InChI=1S/C25H28O4/c1-16(2)9-10-19(17(3)4)15-21-24(28)14-12-20(25(21)29)23(27)13-11-18-7-5-6-8-22(18)26/h5-9,11-14,19,26,28-29H,3,10,15H2,1-2,4H3/t19-/m0/s1. The lowest BCUT2D eigenvalue weighted by Gasteiger charge is -2.18. The van der Waals surface area contributed by atoms with Gasteiger partial charge in [0.25, 0.3) is 0 Å². The number of phenols is 3. The number of carbonyl (C=O) groups is 1. The first-order chi connectivity index (χ1) is 13.7. The van der Waals surface area contributed by atoms with Gasteiger partial charge in [-0.3, -0.25) is 4.79 Å². The Balaban J connectivity index is 2.32. The molecule has 0 aliphatic rings. The molecule has 0 aromatic heterocycles. The minimum atomic E-state index is -0.414. The highest BCUT2D eigenvalue weighted by molar-refractivity contribution is 6.09. The van der Waals surface area contributed by atoms with E-state index in [-0.39, 0.29) is 28.7 Å². The van der Waals surface area contributed by atoms with Gasteiger partial charge in [-0.15, -0.1) is 0 Å². The zero-order valence-electron chi connectivity index (χ0n) is 17.1. The monoisotopic (exact) mass is 392 g/mol. The van der Waals surface area contributed by atoms with Crippen LogP contribution in [0.2, 0.25) is 0 Å². The van der Waals surface area contributed by atoms with Crippen LogP contribution in [0.15, 0.2) is 66.3 Å². The fraction of sp³-hybridized carbons (Fsp3) is 0.240. The Kier molecular flexibility index (Phi) is 7.43. The highest BCUT2D eigenvalue weighted by Crippen LogP contribution is 2.35. The van der Waals surface area contributed by atoms with Gasteiger partial charge in [0, 0.05) is 11.1 Å². The van der Waals surface area contributed by atoms with Gasteiger partial charge in [0.1, 0.15) is 17.2 Å². The average molecular weight is 392 g/mol. The molecule has 3 N–H and O–H groups in total. The van der Waals surface area contributed by atoms with Crippen molar-refractivity contribution in [3.8, 4) is 17.2 Å². The summed E-state index contributed by atoms with van der Waals surface area (Å²) in [5, 5.41) is 30.8. The first kappa shape index (κ1) is 22.0. The third-order valence-electron chi connectivity index (χ3n) is 4.83. The molecule has 0 spiro atoms. The second-order valence-electron chi connectivity index (χ2n) is 7.48. The molecular formula is C25H28O4. The van der Waals surface area contributed by atoms with Gasteiger partial charge >= 0.3 is 0 Å². The van der Waals surface area contributed by atoms with Crippen molar-refractivity contribution in [2.45, 2.75) is 33.6 Å². The lowest BCUT2D eigenvalue weighted by molar-refractivity contribution is 0.104. The number of aromatic hydroxyl groups is 3. The molecular weight excluding hydrogens is 364 g/mol. The summed E-state index contributed by atoms with van der Waals surface area (Å²) in [6, 6.07) is 9.49. The van der Waals surface area contributed by atoms with E-state index in [1.54, 1.807) is 18.2 Å². The lowest BCUT2D eigenvalue weighted by Crippen LogP contribution is -2.07. The third kappa shape index (κ3) is 5.85. The first-order valence-electron chi connectivity index (χ1n) is 9.53. The summed E-state index contributed by atoms with van der Waals surface area (Å²) in [7, 11) is 0. The van der Waals surface area contributed by atoms with Gasteiger partial charge in [0.15, 0.2) is 5.78 Å². The van der Waals surface area contributed by atoms with Gasteiger partial charge in [-0.05, 0) is 69.9 Å². The third-order valence-corrected chi connectivity index (χ3v) is 4.83. The molecule has 2 rings (SSSR count). The number of allylic oxidation sites excluding steroid dienone is 4. The number of hydrogen-bond donors (Lipinski definition) is 3. The first-order valence-corrected chi connectivity index (χ1v) is 9.53. The van der Waals surface area contributed by atoms with E-state index < -0.39 is 5.78 Å². The molecule has 4 nitrogen and oxygen atoms in total. The van der Waals surface area contributed by atoms with E-state index in [2.05, 4.69) is 12.7 Å². The van der Waals surface area contributed by atoms with Crippen LogP contribution in [-0.4, -0.2) is 21.1 Å². The van der Waals surface area contributed by atoms with Crippen molar-refractivity contribution in [2.75, 3.05) is 0 Å². The molecule has 2 aromatic rings. The zero-order valence-corrected chi connectivity index (χ0v) is 17.1. The Morgan fingerprint density at radius 1 is 1.03 bits per heavy atom. The highest BCUT2D eigenvalue weighted by Gasteiger charge is 2.20. The number of rotatable bonds is 8. The Morgan fingerprint density at radius 3 is 2.34 bits per heavy atom. The van der Waals surface area contributed by atoms with Crippen molar-refractivity contribution in [1.29, 1.82) is 0 Å². The van der Waals surface area contributed by atoms with Crippen LogP contribution >= 0.6 is 0 Å². The predicted molar refractivity (Wildman–Crippen MR) is 117 cm³/mol. The number of benzene rings is 2.